The second-order valence-corrected chi connectivity index (χ2v) is 9.87. The lowest BCUT2D eigenvalue weighted by molar-refractivity contribution is -0.147. The first-order valence-corrected chi connectivity index (χ1v) is 12.0. The average Bonchev–Trinajstić information content (AvgIpc) is 2.94. The van der Waals surface area contributed by atoms with Crippen LogP contribution in [0, 0.1) is 17.8 Å². The Morgan fingerprint density at radius 2 is 1.55 bits per heavy atom. The van der Waals surface area contributed by atoms with Gasteiger partial charge in [0.25, 0.3) is 0 Å². The average molecular weight is 405 g/mol. The molecule has 2 amide bonds. The number of hydrogen-bond donors (Lipinski definition) is 0. The van der Waals surface area contributed by atoms with Crippen molar-refractivity contribution < 1.29 is 14.4 Å². The summed E-state index contributed by atoms with van der Waals surface area (Å²) in [5.74, 6) is -0.0491. The molecule has 4 nitrogen and oxygen atoms in total. The highest BCUT2D eigenvalue weighted by Crippen LogP contribution is 2.38. The number of likely N-dealkylation sites (tertiary alicyclic amines) is 1. The van der Waals surface area contributed by atoms with Crippen LogP contribution >= 0.6 is 0 Å². The molecule has 5 heteroatoms. The molecule has 0 aromatic rings. The predicted molar refractivity (Wildman–Crippen MR) is 122 cm³/mol. The van der Waals surface area contributed by atoms with Crippen molar-refractivity contribution in [2.45, 2.75) is 117 Å². The lowest BCUT2D eigenvalue weighted by Gasteiger charge is -2.36. The van der Waals surface area contributed by atoms with E-state index in [1.54, 1.807) is 7.85 Å². The Morgan fingerprint density at radius 1 is 1.03 bits per heavy atom. The molecule has 1 saturated heterocycles. The van der Waals surface area contributed by atoms with Crippen LogP contribution in [0.2, 0.25) is 0 Å². The van der Waals surface area contributed by atoms with Crippen LogP contribution in [0.3, 0.4) is 0 Å². The summed E-state index contributed by atoms with van der Waals surface area (Å²) >= 11 is 0. The van der Waals surface area contributed by atoms with Crippen LogP contribution in [0.4, 0.5) is 0 Å². The number of imide groups is 1. The van der Waals surface area contributed by atoms with Gasteiger partial charge >= 0.3 is 0 Å². The summed E-state index contributed by atoms with van der Waals surface area (Å²) in [6.07, 6.45) is 12.6. The van der Waals surface area contributed by atoms with Crippen molar-refractivity contribution in [2.24, 2.45) is 17.8 Å². The number of hydrogen-bond acceptors (Lipinski definition) is 3. The summed E-state index contributed by atoms with van der Waals surface area (Å²) in [5, 5.41) is 0. The van der Waals surface area contributed by atoms with E-state index in [1.165, 1.54) is 43.4 Å². The number of nitrogens with zero attached hydrogens (tertiary/aromatic N) is 1. The fourth-order valence-corrected chi connectivity index (χ4v) is 4.86. The highest BCUT2D eigenvalue weighted by molar-refractivity contribution is 6.58. The van der Waals surface area contributed by atoms with E-state index in [4.69, 9.17) is 0 Å². The van der Waals surface area contributed by atoms with Gasteiger partial charge in [-0.15, -0.1) is 0 Å². The molecule has 1 rings (SSSR count). The molecular weight excluding hydrogens is 361 g/mol. The van der Waals surface area contributed by atoms with Gasteiger partial charge in [-0.25, -0.2) is 0 Å². The van der Waals surface area contributed by atoms with Gasteiger partial charge in [-0.2, -0.15) is 0 Å². The van der Waals surface area contributed by atoms with E-state index in [9.17, 15) is 14.4 Å². The van der Waals surface area contributed by atoms with Crippen molar-refractivity contribution >= 4 is 25.3 Å². The van der Waals surface area contributed by atoms with E-state index in [1.807, 2.05) is 20.8 Å². The molecule has 0 bridgehead atoms. The summed E-state index contributed by atoms with van der Waals surface area (Å²) in [6.45, 7) is 10.2. The van der Waals surface area contributed by atoms with Gasteiger partial charge in [0.05, 0.1) is 11.6 Å². The van der Waals surface area contributed by atoms with Gasteiger partial charge in [0, 0.05) is 17.9 Å². The molecule has 2 atom stereocenters. The quantitative estimate of drug-likeness (QED) is 0.222. The minimum absolute atomic E-state index is 0.00624. The second-order valence-electron chi connectivity index (χ2n) is 9.87. The van der Waals surface area contributed by atoms with Crippen LogP contribution in [0.25, 0.3) is 0 Å². The number of carbonyl (C=O) groups excluding carboxylic acids is 3. The fourth-order valence-electron chi connectivity index (χ4n) is 4.86. The van der Waals surface area contributed by atoms with Gasteiger partial charge in [0.15, 0.2) is 7.85 Å². The highest BCUT2D eigenvalue weighted by atomic mass is 16.2. The predicted octanol–water partition coefficient (Wildman–Crippen LogP) is 4.88. The first-order valence-electron chi connectivity index (χ1n) is 12.0. The van der Waals surface area contributed by atoms with E-state index < -0.39 is 5.54 Å². The van der Waals surface area contributed by atoms with Gasteiger partial charge < -0.3 is 4.79 Å². The largest absolute Gasteiger partial charge is 0.312 e. The number of amides is 2. The Labute approximate surface area is 180 Å². The summed E-state index contributed by atoms with van der Waals surface area (Å²) in [5.41, 5.74) is -0.498. The van der Waals surface area contributed by atoms with Gasteiger partial charge in [0.1, 0.15) is 0 Å². The van der Waals surface area contributed by atoms with Crippen molar-refractivity contribution in [3.8, 4) is 0 Å². The molecule has 0 spiro atoms. The molecule has 1 aliphatic heterocycles. The first kappa shape index (κ1) is 25.9. The Bertz CT molecular complexity index is 534. The van der Waals surface area contributed by atoms with Crippen LogP contribution in [0.15, 0.2) is 0 Å². The lowest BCUT2D eigenvalue weighted by Crippen LogP contribution is -2.49. The molecule has 0 N–H and O–H groups in total. The smallest absolute Gasteiger partial charge is 0.233 e. The molecule has 29 heavy (non-hydrogen) atoms. The Kier molecular flexibility index (Phi) is 11.2. The molecule has 0 aliphatic carbocycles. The van der Waals surface area contributed by atoms with Crippen molar-refractivity contribution in [1.82, 2.24) is 4.90 Å². The number of rotatable bonds is 15. The van der Waals surface area contributed by atoms with E-state index in [-0.39, 0.29) is 29.3 Å². The lowest BCUT2D eigenvalue weighted by atomic mass is 9.80. The zero-order valence-electron chi connectivity index (χ0n) is 19.9. The molecule has 0 aromatic heterocycles. The van der Waals surface area contributed by atoms with Crippen molar-refractivity contribution in [3.63, 3.8) is 0 Å². The van der Waals surface area contributed by atoms with Crippen LogP contribution in [0.1, 0.15) is 112 Å². The minimum atomic E-state index is -0.608. The summed E-state index contributed by atoms with van der Waals surface area (Å²) in [6, 6.07) is 0. The first-order chi connectivity index (χ1) is 13.7. The monoisotopic (exact) mass is 405 g/mol. The molecule has 1 fully saturated rings. The number of carbonyl (C=O) groups is 3. The van der Waals surface area contributed by atoms with Crippen molar-refractivity contribution in [1.29, 1.82) is 0 Å². The van der Waals surface area contributed by atoms with Crippen LogP contribution in [-0.4, -0.2) is 35.8 Å². The Hall–Kier alpha value is -1.13. The van der Waals surface area contributed by atoms with Crippen LogP contribution in [0.5, 0.6) is 0 Å². The van der Waals surface area contributed by atoms with Crippen molar-refractivity contribution in [2.75, 3.05) is 0 Å². The zero-order valence-corrected chi connectivity index (χ0v) is 19.9. The third-order valence-electron chi connectivity index (χ3n) is 6.71. The molecule has 1 aliphatic rings. The normalized spacial score (nSPS) is 18.7. The maximum atomic E-state index is 13.4. The van der Waals surface area contributed by atoms with Gasteiger partial charge in [0.2, 0.25) is 11.8 Å². The van der Waals surface area contributed by atoms with E-state index in [0.29, 0.717) is 18.8 Å². The summed E-state index contributed by atoms with van der Waals surface area (Å²) in [7, 11) is 1.58. The summed E-state index contributed by atoms with van der Waals surface area (Å²) < 4.78 is 0. The topological polar surface area (TPSA) is 54.5 Å². The molecule has 0 aromatic carbocycles. The van der Waals surface area contributed by atoms with Crippen molar-refractivity contribution in [3.05, 3.63) is 0 Å². The van der Waals surface area contributed by atoms with E-state index in [0.717, 1.165) is 25.7 Å². The molecule has 2 unspecified atom stereocenters. The molecule has 166 valence electrons. The van der Waals surface area contributed by atoms with Gasteiger partial charge in [-0.05, 0) is 39.0 Å². The van der Waals surface area contributed by atoms with Crippen LogP contribution in [-0.2, 0) is 14.4 Å². The van der Waals surface area contributed by atoms with Gasteiger partial charge in [-0.3, -0.25) is 14.5 Å². The number of unbranched alkanes of at least 4 members (excludes halogenated alkanes) is 6. The molecular formula is C24H44BNO3. The minimum Gasteiger partial charge on any atom is -0.312 e. The van der Waals surface area contributed by atoms with E-state index >= 15 is 0 Å². The van der Waals surface area contributed by atoms with E-state index in [2.05, 4.69) is 13.8 Å². The van der Waals surface area contributed by atoms with Crippen LogP contribution < -0.4 is 0 Å². The SMILES string of the molecule is BC(=O)C(C)CC(C)(C)N1C(=O)CC(C(CCCCCC)CCCCCC)C1=O. The zero-order chi connectivity index (χ0) is 22.0. The third kappa shape index (κ3) is 7.90. The fraction of sp³-hybridized carbons (Fsp3) is 0.875. The second kappa shape index (κ2) is 12.5. The van der Waals surface area contributed by atoms with Gasteiger partial charge in [-0.1, -0.05) is 72.1 Å². The maximum absolute atomic E-state index is 13.4. The Balaban J connectivity index is 2.86. The molecule has 0 radical (unpaired) electrons. The molecule has 0 saturated carbocycles. The Morgan fingerprint density at radius 3 is 2.00 bits per heavy atom. The summed E-state index contributed by atoms with van der Waals surface area (Å²) in [4.78, 5) is 39.5. The highest BCUT2D eigenvalue weighted by Gasteiger charge is 2.48. The standard InChI is InChI=1S/C24H44BNO3/c1-6-8-10-12-14-19(15-13-11-9-7-2)20-16-21(27)26(23(20)29)24(4,5)17-18(3)22(25)28/h18-20H,6-17,25H2,1-5H3. The third-order valence-corrected chi connectivity index (χ3v) is 6.71. The maximum Gasteiger partial charge on any atom is 0.233 e. The molecule has 1 heterocycles.